The van der Waals surface area contributed by atoms with Gasteiger partial charge in [-0.3, -0.25) is 4.79 Å². The largest absolute Gasteiger partial charge is 0.507 e. The Morgan fingerprint density at radius 3 is 2.52 bits per heavy atom. The number of carbonyl (C=O) groups is 1. The van der Waals surface area contributed by atoms with Crippen molar-refractivity contribution in [3.8, 4) is 11.5 Å². The van der Waals surface area contributed by atoms with Gasteiger partial charge in [0, 0.05) is 12.1 Å². The molecule has 1 amide bonds. The summed E-state index contributed by atoms with van der Waals surface area (Å²) in [5, 5.41) is 11.9. The highest BCUT2D eigenvalue weighted by molar-refractivity contribution is 6.06. The Kier molecular flexibility index (Phi) is 4.07. The first kappa shape index (κ1) is 14.8. The highest BCUT2D eigenvalue weighted by Crippen LogP contribution is 2.25. The number of halogens is 2. The topological polar surface area (TPSA) is 58.6 Å². The third kappa shape index (κ3) is 3.10. The fraction of sp³-hybridized carbons (Fsp3) is 0.133. The van der Waals surface area contributed by atoms with Crippen LogP contribution in [-0.4, -0.2) is 18.1 Å². The van der Waals surface area contributed by atoms with E-state index in [1.807, 2.05) is 0 Å². The number of phenolic OH excluding ortho intramolecular Hbond substituents is 1. The van der Waals surface area contributed by atoms with E-state index in [-0.39, 0.29) is 22.6 Å². The lowest BCUT2D eigenvalue weighted by atomic mass is 10.1. The van der Waals surface area contributed by atoms with Crippen LogP contribution >= 0.6 is 0 Å². The maximum absolute atomic E-state index is 13.7. The van der Waals surface area contributed by atoms with Crippen molar-refractivity contribution in [1.29, 1.82) is 0 Å². The second-order valence-corrected chi connectivity index (χ2v) is 4.42. The molecule has 0 atom stereocenters. The normalized spacial score (nSPS) is 10.3. The summed E-state index contributed by atoms with van der Waals surface area (Å²) in [5.41, 5.74) is -0.229. The molecule has 0 aliphatic carbocycles. The van der Waals surface area contributed by atoms with Gasteiger partial charge >= 0.3 is 0 Å². The number of nitrogens with one attached hydrogen (secondary N) is 1. The smallest absolute Gasteiger partial charge is 0.259 e. The molecule has 0 bridgehead atoms. The molecule has 0 aromatic heterocycles. The number of amides is 1. The molecule has 2 N–H and O–H groups in total. The van der Waals surface area contributed by atoms with Crippen LogP contribution in [0.3, 0.4) is 0 Å². The number of hydrogen-bond acceptors (Lipinski definition) is 3. The van der Waals surface area contributed by atoms with Gasteiger partial charge in [0.05, 0.1) is 18.4 Å². The van der Waals surface area contributed by atoms with E-state index in [1.54, 1.807) is 0 Å². The van der Waals surface area contributed by atoms with Crippen LogP contribution in [0, 0.1) is 18.6 Å². The van der Waals surface area contributed by atoms with Crippen molar-refractivity contribution in [2.24, 2.45) is 0 Å². The lowest BCUT2D eigenvalue weighted by molar-refractivity contribution is 0.102. The van der Waals surface area contributed by atoms with Crippen LogP contribution in [0.2, 0.25) is 0 Å². The van der Waals surface area contributed by atoms with E-state index in [9.17, 15) is 18.7 Å². The molecule has 0 saturated heterocycles. The zero-order valence-electron chi connectivity index (χ0n) is 11.4. The summed E-state index contributed by atoms with van der Waals surface area (Å²) >= 11 is 0. The third-order valence-corrected chi connectivity index (χ3v) is 2.95. The molecule has 0 aliphatic rings. The van der Waals surface area contributed by atoms with Crippen LogP contribution in [0.5, 0.6) is 11.5 Å². The van der Waals surface area contributed by atoms with E-state index in [2.05, 4.69) is 5.32 Å². The molecule has 2 aromatic rings. The minimum atomic E-state index is -0.754. The van der Waals surface area contributed by atoms with Gasteiger partial charge in [-0.2, -0.15) is 0 Å². The van der Waals surface area contributed by atoms with Crippen LogP contribution < -0.4 is 10.1 Å². The Hall–Kier alpha value is -2.63. The highest BCUT2D eigenvalue weighted by Gasteiger charge is 2.15. The standard InChI is InChI=1S/C15H13F2NO3/c1-8-5-12(17)13(7-11(8)16)18-15(20)10-4-3-9(21-2)6-14(10)19/h3-7,19H,1-2H3,(H,18,20). The van der Waals surface area contributed by atoms with Gasteiger partial charge in [-0.15, -0.1) is 0 Å². The molecule has 0 spiro atoms. The minimum Gasteiger partial charge on any atom is -0.507 e. The Morgan fingerprint density at radius 1 is 1.19 bits per heavy atom. The average molecular weight is 293 g/mol. The summed E-state index contributed by atoms with van der Waals surface area (Å²) in [6.07, 6.45) is 0. The van der Waals surface area contributed by atoms with E-state index >= 15 is 0 Å². The predicted octanol–water partition coefficient (Wildman–Crippen LogP) is 3.24. The lowest BCUT2D eigenvalue weighted by Gasteiger charge is -2.10. The number of phenols is 1. The van der Waals surface area contributed by atoms with E-state index in [0.29, 0.717) is 5.75 Å². The first-order valence-corrected chi connectivity index (χ1v) is 6.06. The maximum atomic E-state index is 13.7. The number of aromatic hydroxyl groups is 1. The molecule has 2 aromatic carbocycles. The molecule has 0 fully saturated rings. The van der Waals surface area contributed by atoms with E-state index in [0.717, 1.165) is 12.1 Å². The minimum absolute atomic E-state index is 0.0730. The fourth-order valence-electron chi connectivity index (χ4n) is 1.76. The number of ether oxygens (including phenoxy) is 1. The zero-order valence-corrected chi connectivity index (χ0v) is 11.4. The van der Waals surface area contributed by atoms with Gasteiger partial charge in [0.2, 0.25) is 0 Å². The first-order chi connectivity index (χ1) is 9.92. The van der Waals surface area contributed by atoms with Gasteiger partial charge in [-0.1, -0.05) is 0 Å². The second kappa shape index (κ2) is 5.78. The van der Waals surface area contributed by atoms with Gasteiger partial charge in [0.25, 0.3) is 5.91 Å². The van der Waals surface area contributed by atoms with Gasteiger partial charge in [-0.05, 0) is 30.7 Å². The van der Waals surface area contributed by atoms with E-state index in [4.69, 9.17) is 4.74 Å². The van der Waals surface area contributed by atoms with Gasteiger partial charge in [-0.25, -0.2) is 8.78 Å². The van der Waals surface area contributed by atoms with E-state index in [1.165, 1.54) is 32.2 Å². The molecule has 4 nitrogen and oxygen atoms in total. The first-order valence-electron chi connectivity index (χ1n) is 6.06. The molecule has 0 unspecified atom stereocenters. The molecular weight excluding hydrogens is 280 g/mol. The molecule has 0 aliphatic heterocycles. The van der Waals surface area contributed by atoms with E-state index < -0.39 is 17.5 Å². The third-order valence-electron chi connectivity index (χ3n) is 2.95. The molecule has 21 heavy (non-hydrogen) atoms. The van der Waals surface area contributed by atoms with Crippen molar-refractivity contribution in [2.75, 3.05) is 12.4 Å². The number of aryl methyl sites for hydroxylation is 1. The number of carbonyl (C=O) groups excluding carboxylic acids is 1. The zero-order chi connectivity index (χ0) is 15.6. The molecule has 6 heteroatoms. The number of benzene rings is 2. The summed E-state index contributed by atoms with van der Waals surface area (Å²) in [6.45, 7) is 1.42. The number of rotatable bonds is 3. The van der Waals surface area contributed by atoms with Crippen molar-refractivity contribution in [1.82, 2.24) is 0 Å². The molecule has 110 valence electrons. The fourth-order valence-corrected chi connectivity index (χ4v) is 1.76. The quantitative estimate of drug-likeness (QED) is 0.913. The van der Waals surface area contributed by atoms with Gasteiger partial charge in [0.15, 0.2) is 0 Å². The second-order valence-electron chi connectivity index (χ2n) is 4.42. The summed E-state index contributed by atoms with van der Waals surface area (Å²) < 4.78 is 32.0. The molecule has 0 radical (unpaired) electrons. The van der Waals surface area contributed by atoms with Crippen molar-refractivity contribution in [2.45, 2.75) is 6.92 Å². The van der Waals surface area contributed by atoms with Crippen molar-refractivity contribution < 1.29 is 23.4 Å². The Morgan fingerprint density at radius 2 is 1.90 bits per heavy atom. The van der Waals surface area contributed by atoms with Gasteiger partial charge < -0.3 is 15.2 Å². The Bertz CT molecular complexity index is 702. The van der Waals surface area contributed by atoms with Crippen LogP contribution in [0.25, 0.3) is 0 Å². The van der Waals surface area contributed by atoms with Crippen molar-refractivity contribution in [3.05, 3.63) is 53.1 Å². The highest BCUT2D eigenvalue weighted by atomic mass is 19.1. The monoisotopic (exact) mass is 293 g/mol. The Labute approximate surface area is 120 Å². The molecular formula is C15H13F2NO3. The number of methoxy groups -OCH3 is 1. The molecule has 2 rings (SSSR count). The molecule has 0 heterocycles. The Balaban J connectivity index is 2.28. The lowest BCUT2D eigenvalue weighted by Crippen LogP contribution is -2.13. The number of hydrogen-bond donors (Lipinski definition) is 2. The number of anilines is 1. The predicted molar refractivity (Wildman–Crippen MR) is 73.7 cm³/mol. The SMILES string of the molecule is COc1ccc(C(=O)Nc2cc(F)c(C)cc2F)c(O)c1. The summed E-state index contributed by atoms with van der Waals surface area (Å²) in [5.74, 6) is -2.09. The van der Waals surface area contributed by atoms with Crippen LogP contribution in [-0.2, 0) is 0 Å². The van der Waals surface area contributed by atoms with Crippen LogP contribution in [0.15, 0.2) is 30.3 Å². The van der Waals surface area contributed by atoms with Crippen LogP contribution in [0.1, 0.15) is 15.9 Å². The maximum Gasteiger partial charge on any atom is 0.259 e. The van der Waals surface area contributed by atoms with Crippen molar-refractivity contribution in [3.63, 3.8) is 0 Å². The summed E-state index contributed by atoms with van der Waals surface area (Å²) in [6, 6.07) is 5.93. The molecule has 0 saturated carbocycles. The van der Waals surface area contributed by atoms with Gasteiger partial charge in [0.1, 0.15) is 23.1 Å². The van der Waals surface area contributed by atoms with Crippen molar-refractivity contribution >= 4 is 11.6 Å². The summed E-state index contributed by atoms with van der Waals surface area (Å²) in [4.78, 5) is 12.0. The average Bonchev–Trinajstić information content (AvgIpc) is 2.44. The van der Waals surface area contributed by atoms with Crippen LogP contribution in [0.4, 0.5) is 14.5 Å². The summed E-state index contributed by atoms with van der Waals surface area (Å²) in [7, 11) is 1.42.